The summed E-state index contributed by atoms with van der Waals surface area (Å²) in [6.45, 7) is -0.455. The summed E-state index contributed by atoms with van der Waals surface area (Å²) >= 11 is 0. The van der Waals surface area contributed by atoms with E-state index in [1.54, 1.807) is 6.07 Å². The molecule has 8 nitrogen and oxygen atoms in total. The first-order valence-electron chi connectivity index (χ1n) is 7.08. The highest BCUT2D eigenvalue weighted by Gasteiger charge is 2.31. The summed E-state index contributed by atoms with van der Waals surface area (Å²) in [4.78, 5) is 23.6. The molecule has 0 saturated heterocycles. The molecule has 0 aliphatic carbocycles. The summed E-state index contributed by atoms with van der Waals surface area (Å²) in [6.07, 6.45) is -3.43. The maximum Gasteiger partial charge on any atom is 0.573 e. The van der Waals surface area contributed by atoms with E-state index in [2.05, 4.69) is 15.2 Å². The van der Waals surface area contributed by atoms with Gasteiger partial charge in [-0.15, -0.1) is 18.3 Å². The maximum atomic E-state index is 12.1. The summed E-state index contributed by atoms with van der Waals surface area (Å²) in [5, 5.41) is 6.24. The molecule has 136 valence electrons. The van der Waals surface area contributed by atoms with Crippen LogP contribution in [0.25, 0.3) is 11.7 Å². The number of hydrogen-bond donors (Lipinski definition) is 1. The molecule has 0 fully saturated rings. The Morgan fingerprint density at radius 3 is 2.58 bits per heavy atom. The first-order chi connectivity index (χ1) is 12.3. The van der Waals surface area contributed by atoms with Crippen LogP contribution in [0.2, 0.25) is 0 Å². The molecule has 0 unspecified atom stereocenters. The van der Waals surface area contributed by atoms with E-state index in [0.29, 0.717) is 0 Å². The highest BCUT2D eigenvalue weighted by atomic mass is 19.4. The van der Waals surface area contributed by atoms with Gasteiger partial charge in [-0.3, -0.25) is 4.79 Å². The van der Waals surface area contributed by atoms with Gasteiger partial charge in [-0.25, -0.2) is 4.79 Å². The molecule has 3 aromatic rings. The van der Waals surface area contributed by atoms with Gasteiger partial charge in [-0.2, -0.15) is 4.68 Å². The fourth-order valence-corrected chi connectivity index (χ4v) is 1.98. The lowest BCUT2D eigenvalue weighted by Gasteiger charge is -2.09. The SMILES string of the molecule is O=C(Cn1nc(-c2ccco2)oc1=O)Nc1ccc(OC(F)(F)F)cc1. The normalized spacial score (nSPS) is 11.3. The maximum absolute atomic E-state index is 12.1. The Bertz CT molecular complexity index is 942. The Balaban J connectivity index is 1.63. The number of aromatic nitrogens is 2. The van der Waals surface area contributed by atoms with E-state index in [9.17, 15) is 22.8 Å². The second kappa shape index (κ2) is 6.78. The molecule has 1 N–H and O–H groups in total. The highest BCUT2D eigenvalue weighted by Crippen LogP contribution is 2.24. The number of carbonyl (C=O) groups excluding carboxylic acids is 1. The summed E-state index contributed by atoms with van der Waals surface area (Å²) < 4.78 is 50.7. The predicted molar refractivity (Wildman–Crippen MR) is 80.2 cm³/mol. The minimum atomic E-state index is -4.80. The molecule has 11 heteroatoms. The molecule has 1 amide bonds. The Kier molecular flexibility index (Phi) is 4.52. The minimum Gasteiger partial charge on any atom is -0.459 e. The van der Waals surface area contributed by atoms with Crippen LogP contribution >= 0.6 is 0 Å². The molecule has 0 bridgehead atoms. The van der Waals surface area contributed by atoms with Crippen LogP contribution in [-0.4, -0.2) is 22.1 Å². The van der Waals surface area contributed by atoms with Crippen molar-refractivity contribution in [2.75, 3.05) is 5.32 Å². The third-order valence-corrected chi connectivity index (χ3v) is 3.00. The molecule has 0 spiro atoms. The number of halogens is 3. The van der Waals surface area contributed by atoms with Crippen molar-refractivity contribution >= 4 is 11.6 Å². The van der Waals surface area contributed by atoms with Crippen molar-refractivity contribution in [3.05, 3.63) is 53.2 Å². The Morgan fingerprint density at radius 2 is 1.96 bits per heavy atom. The number of rotatable bonds is 5. The third-order valence-electron chi connectivity index (χ3n) is 3.00. The zero-order chi connectivity index (χ0) is 18.7. The van der Waals surface area contributed by atoms with Crippen molar-refractivity contribution in [1.82, 2.24) is 9.78 Å². The largest absolute Gasteiger partial charge is 0.573 e. The van der Waals surface area contributed by atoms with Gasteiger partial charge in [-0.1, -0.05) is 0 Å². The Hall–Kier alpha value is -3.50. The molecular formula is C15H10F3N3O5. The lowest BCUT2D eigenvalue weighted by molar-refractivity contribution is -0.274. The van der Waals surface area contributed by atoms with Gasteiger partial charge in [-0.05, 0) is 36.4 Å². The lowest BCUT2D eigenvalue weighted by Crippen LogP contribution is -2.25. The monoisotopic (exact) mass is 369 g/mol. The van der Waals surface area contributed by atoms with Crippen LogP contribution in [0.4, 0.5) is 18.9 Å². The van der Waals surface area contributed by atoms with Gasteiger partial charge in [0.1, 0.15) is 12.3 Å². The summed E-state index contributed by atoms with van der Waals surface area (Å²) in [7, 11) is 0. The van der Waals surface area contributed by atoms with E-state index in [1.807, 2.05) is 0 Å². The molecule has 26 heavy (non-hydrogen) atoms. The molecule has 0 saturated carbocycles. The summed E-state index contributed by atoms with van der Waals surface area (Å²) in [6, 6.07) is 7.63. The first kappa shape index (κ1) is 17.3. The van der Waals surface area contributed by atoms with Crippen LogP contribution in [-0.2, 0) is 11.3 Å². The van der Waals surface area contributed by atoms with Crippen LogP contribution in [0, 0.1) is 0 Å². The summed E-state index contributed by atoms with van der Waals surface area (Å²) in [5.41, 5.74) is 0.215. The lowest BCUT2D eigenvalue weighted by atomic mass is 10.3. The van der Waals surface area contributed by atoms with Crippen molar-refractivity contribution < 1.29 is 31.5 Å². The zero-order valence-electron chi connectivity index (χ0n) is 12.8. The van der Waals surface area contributed by atoms with E-state index in [0.717, 1.165) is 16.8 Å². The van der Waals surface area contributed by atoms with E-state index in [1.165, 1.54) is 24.5 Å². The topological polar surface area (TPSA) is 99.5 Å². The highest BCUT2D eigenvalue weighted by molar-refractivity contribution is 5.90. The Labute approximate surface area is 142 Å². The number of furan rings is 1. The quantitative estimate of drug-likeness (QED) is 0.742. The van der Waals surface area contributed by atoms with Crippen LogP contribution in [0.5, 0.6) is 5.75 Å². The molecule has 2 aromatic heterocycles. The Morgan fingerprint density at radius 1 is 1.23 bits per heavy atom. The molecule has 3 rings (SSSR count). The smallest absolute Gasteiger partial charge is 0.459 e. The van der Waals surface area contributed by atoms with Crippen molar-refractivity contribution in [3.8, 4) is 17.4 Å². The van der Waals surface area contributed by atoms with Gasteiger partial charge in [0, 0.05) is 5.69 Å². The standard InChI is InChI=1S/C15H10F3N3O5/c16-15(17,18)26-10-5-3-9(4-6-10)19-12(22)8-21-14(23)25-13(20-21)11-2-1-7-24-11/h1-7H,8H2,(H,19,22). The molecule has 1 aromatic carbocycles. The number of amides is 1. The van der Waals surface area contributed by atoms with Crippen molar-refractivity contribution in [1.29, 1.82) is 0 Å². The van der Waals surface area contributed by atoms with Crippen LogP contribution in [0.3, 0.4) is 0 Å². The van der Waals surface area contributed by atoms with Gasteiger partial charge in [0.05, 0.1) is 6.26 Å². The van der Waals surface area contributed by atoms with Gasteiger partial charge in [0.15, 0.2) is 5.76 Å². The zero-order valence-corrected chi connectivity index (χ0v) is 12.8. The van der Waals surface area contributed by atoms with Gasteiger partial charge >= 0.3 is 12.1 Å². The molecule has 2 heterocycles. The van der Waals surface area contributed by atoms with E-state index >= 15 is 0 Å². The second-order valence-corrected chi connectivity index (χ2v) is 4.93. The van der Waals surface area contributed by atoms with E-state index in [4.69, 9.17) is 8.83 Å². The first-order valence-corrected chi connectivity index (χ1v) is 7.08. The van der Waals surface area contributed by atoms with E-state index in [-0.39, 0.29) is 17.3 Å². The number of hydrogen-bond acceptors (Lipinski definition) is 6. The number of alkyl halides is 3. The summed E-state index contributed by atoms with van der Waals surface area (Å²) in [5.74, 6) is -1.77. The number of nitrogens with one attached hydrogen (secondary N) is 1. The number of benzene rings is 1. The number of nitrogens with zero attached hydrogens (tertiary/aromatic N) is 2. The average Bonchev–Trinajstić information content (AvgIpc) is 3.18. The molecule has 0 atom stereocenters. The average molecular weight is 369 g/mol. The number of carbonyl (C=O) groups is 1. The van der Waals surface area contributed by atoms with Crippen molar-refractivity contribution in [2.45, 2.75) is 12.9 Å². The second-order valence-electron chi connectivity index (χ2n) is 4.93. The fourth-order valence-electron chi connectivity index (χ4n) is 1.98. The fraction of sp³-hybridized carbons (Fsp3) is 0.133. The number of anilines is 1. The van der Waals surface area contributed by atoms with Crippen LogP contribution < -0.4 is 15.8 Å². The van der Waals surface area contributed by atoms with Gasteiger partial charge < -0.3 is 18.9 Å². The van der Waals surface area contributed by atoms with E-state index < -0.39 is 30.3 Å². The van der Waals surface area contributed by atoms with Crippen molar-refractivity contribution in [3.63, 3.8) is 0 Å². The third kappa shape index (κ3) is 4.32. The van der Waals surface area contributed by atoms with Gasteiger partial charge in [0.25, 0.3) is 5.89 Å². The number of ether oxygens (including phenoxy) is 1. The molecule has 0 aliphatic heterocycles. The molecular weight excluding hydrogens is 359 g/mol. The van der Waals surface area contributed by atoms with Crippen LogP contribution in [0.15, 0.2) is 56.3 Å². The van der Waals surface area contributed by atoms with Gasteiger partial charge in [0.2, 0.25) is 5.91 Å². The van der Waals surface area contributed by atoms with Crippen molar-refractivity contribution in [2.24, 2.45) is 0 Å². The molecule has 0 radical (unpaired) electrons. The van der Waals surface area contributed by atoms with Crippen LogP contribution in [0.1, 0.15) is 0 Å². The molecule has 0 aliphatic rings. The predicted octanol–water partition coefficient (Wildman–Crippen LogP) is 2.63. The minimum absolute atomic E-state index is 0.0820.